The summed E-state index contributed by atoms with van der Waals surface area (Å²) in [5.41, 5.74) is 0.712. The number of hydrogen-bond acceptors (Lipinski definition) is 3. The summed E-state index contributed by atoms with van der Waals surface area (Å²) in [6.45, 7) is 1.90. The van der Waals surface area contributed by atoms with Crippen LogP contribution in [-0.4, -0.2) is 24.9 Å². The third-order valence-corrected chi connectivity index (χ3v) is 5.19. The van der Waals surface area contributed by atoms with Gasteiger partial charge in [-0.1, -0.05) is 24.3 Å². The van der Waals surface area contributed by atoms with Crippen LogP contribution in [0.3, 0.4) is 0 Å². The molecule has 4 nitrogen and oxygen atoms in total. The molecule has 30 heavy (non-hydrogen) atoms. The summed E-state index contributed by atoms with van der Waals surface area (Å²) in [6.07, 6.45) is 2.23. The van der Waals surface area contributed by atoms with E-state index in [0.717, 1.165) is 48.7 Å². The third kappa shape index (κ3) is 3.81. The zero-order valence-corrected chi connectivity index (χ0v) is 16.2. The molecule has 0 unspecified atom stereocenters. The van der Waals surface area contributed by atoms with Crippen LogP contribution in [0.5, 0.6) is 0 Å². The second-order valence-electron chi connectivity index (χ2n) is 7.12. The van der Waals surface area contributed by atoms with Crippen LogP contribution in [0.15, 0.2) is 72.8 Å². The minimum atomic E-state index is -0.852. The number of halogens is 2. The molecule has 0 saturated carbocycles. The summed E-state index contributed by atoms with van der Waals surface area (Å²) in [6, 6.07) is 17.7. The molecule has 0 spiro atoms. The molecule has 0 bridgehead atoms. The molecular weight excluding hydrogens is 386 g/mol. The van der Waals surface area contributed by atoms with Crippen LogP contribution < -0.4 is 9.80 Å². The largest absolute Gasteiger partial charge is 0.372 e. The standard InChI is InChI=1S/C24H20F2N2O2/c25-21-9-3-1-7-19(21)23(29)28(24(30)20-8-2-4-10-22(20)26)18-13-11-17(12-14-18)27-15-5-6-16-27/h1-4,7-14H,5-6,15-16H2. The molecule has 1 aliphatic rings. The Hall–Kier alpha value is -3.54. The van der Waals surface area contributed by atoms with E-state index in [-0.39, 0.29) is 16.8 Å². The van der Waals surface area contributed by atoms with E-state index >= 15 is 0 Å². The molecule has 4 rings (SSSR count). The molecule has 0 N–H and O–H groups in total. The number of rotatable bonds is 4. The van der Waals surface area contributed by atoms with Gasteiger partial charge in [-0.2, -0.15) is 0 Å². The normalized spacial score (nSPS) is 13.3. The number of imide groups is 1. The highest BCUT2D eigenvalue weighted by molar-refractivity contribution is 6.25. The highest BCUT2D eigenvalue weighted by atomic mass is 19.1. The average Bonchev–Trinajstić information content (AvgIpc) is 3.30. The molecular formula is C24H20F2N2O2. The lowest BCUT2D eigenvalue weighted by Gasteiger charge is -2.23. The average molecular weight is 406 g/mol. The Bertz CT molecular complexity index is 1020. The van der Waals surface area contributed by atoms with E-state index in [1.54, 1.807) is 12.1 Å². The number of carbonyl (C=O) groups excluding carboxylic acids is 2. The van der Waals surface area contributed by atoms with E-state index in [2.05, 4.69) is 4.90 Å². The number of anilines is 2. The van der Waals surface area contributed by atoms with Gasteiger partial charge >= 0.3 is 0 Å². The minimum absolute atomic E-state index is 0.249. The van der Waals surface area contributed by atoms with E-state index in [0.29, 0.717) is 0 Å². The monoisotopic (exact) mass is 406 g/mol. The number of carbonyl (C=O) groups is 2. The molecule has 3 aromatic rings. The number of nitrogens with zero attached hydrogens (tertiary/aromatic N) is 2. The van der Waals surface area contributed by atoms with E-state index in [1.807, 2.05) is 12.1 Å². The number of hydrogen-bond donors (Lipinski definition) is 0. The number of amides is 2. The lowest BCUT2D eigenvalue weighted by molar-refractivity contribution is 0.0893. The molecule has 152 valence electrons. The first-order valence-electron chi connectivity index (χ1n) is 9.79. The third-order valence-electron chi connectivity index (χ3n) is 5.19. The molecule has 3 aromatic carbocycles. The van der Waals surface area contributed by atoms with Gasteiger partial charge in [0.05, 0.1) is 16.8 Å². The molecule has 0 atom stereocenters. The Labute approximate surface area is 173 Å². The van der Waals surface area contributed by atoms with Gasteiger partial charge in [0.1, 0.15) is 11.6 Å². The minimum Gasteiger partial charge on any atom is -0.372 e. The molecule has 1 aliphatic heterocycles. The molecule has 1 saturated heterocycles. The van der Waals surface area contributed by atoms with E-state index in [1.165, 1.54) is 36.4 Å². The topological polar surface area (TPSA) is 40.6 Å². The van der Waals surface area contributed by atoms with Gasteiger partial charge in [-0.3, -0.25) is 9.59 Å². The van der Waals surface area contributed by atoms with Crippen LogP contribution in [0.25, 0.3) is 0 Å². The van der Waals surface area contributed by atoms with Crippen LogP contribution in [0.4, 0.5) is 20.2 Å². The van der Waals surface area contributed by atoms with Crippen molar-refractivity contribution in [2.24, 2.45) is 0 Å². The fourth-order valence-electron chi connectivity index (χ4n) is 3.62. The smallest absolute Gasteiger partial charge is 0.268 e. The summed E-state index contributed by atoms with van der Waals surface area (Å²) >= 11 is 0. The van der Waals surface area contributed by atoms with Crippen molar-refractivity contribution in [3.8, 4) is 0 Å². The lowest BCUT2D eigenvalue weighted by Crippen LogP contribution is -2.38. The van der Waals surface area contributed by atoms with Gasteiger partial charge in [0, 0.05) is 18.8 Å². The van der Waals surface area contributed by atoms with Gasteiger partial charge in [0.15, 0.2) is 0 Å². The molecule has 0 aliphatic carbocycles. The fourth-order valence-corrected chi connectivity index (χ4v) is 3.62. The van der Waals surface area contributed by atoms with Crippen LogP contribution in [0, 0.1) is 11.6 Å². The van der Waals surface area contributed by atoms with Crippen LogP contribution in [0.1, 0.15) is 33.6 Å². The predicted molar refractivity (Wildman–Crippen MR) is 112 cm³/mol. The van der Waals surface area contributed by atoms with Crippen molar-refractivity contribution >= 4 is 23.2 Å². The van der Waals surface area contributed by atoms with Crippen LogP contribution in [-0.2, 0) is 0 Å². The summed E-state index contributed by atoms with van der Waals surface area (Å²) in [4.78, 5) is 29.4. The van der Waals surface area contributed by atoms with Crippen LogP contribution in [0.2, 0.25) is 0 Å². The van der Waals surface area contributed by atoms with Gasteiger partial charge in [-0.15, -0.1) is 0 Å². The first-order valence-corrected chi connectivity index (χ1v) is 9.79. The first kappa shape index (κ1) is 19.8. The fraction of sp³-hybridized carbons (Fsp3) is 0.167. The maximum atomic E-state index is 14.3. The Morgan fingerprint density at radius 1 is 0.700 bits per heavy atom. The Morgan fingerprint density at radius 3 is 1.63 bits per heavy atom. The molecule has 0 radical (unpaired) electrons. The van der Waals surface area contributed by atoms with Crippen molar-refractivity contribution in [1.29, 1.82) is 0 Å². The summed E-state index contributed by atoms with van der Waals surface area (Å²) in [5.74, 6) is -3.20. The molecule has 0 aromatic heterocycles. The van der Waals surface area contributed by atoms with Crippen molar-refractivity contribution in [2.75, 3.05) is 22.9 Å². The highest BCUT2D eigenvalue weighted by Gasteiger charge is 2.29. The first-order chi connectivity index (χ1) is 14.6. The SMILES string of the molecule is O=C(c1ccccc1F)N(C(=O)c1ccccc1F)c1ccc(N2CCCC2)cc1. The molecule has 1 heterocycles. The second-order valence-corrected chi connectivity index (χ2v) is 7.12. The van der Waals surface area contributed by atoms with Gasteiger partial charge < -0.3 is 4.90 Å². The van der Waals surface area contributed by atoms with E-state index in [9.17, 15) is 18.4 Å². The van der Waals surface area contributed by atoms with Gasteiger partial charge in [0.25, 0.3) is 11.8 Å². The zero-order valence-electron chi connectivity index (χ0n) is 16.2. The zero-order chi connectivity index (χ0) is 21.1. The van der Waals surface area contributed by atoms with E-state index < -0.39 is 23.4 Å². The van der Waals surface area contributed by atoms with Gasteiger partial charge in [-0.25, -0.2) is 13.7 Å². The maximum Gasteiger partial charge on any atom is 0.268 e. The molecule has 2 amide bonds. The summed E-state index contributed by atoms with van der Waals surface area (Å²) in [5, 5.41) is 0. The Kier molecular flexibility index (Phi) is 5.57. The van der Waals surface area contributed by atoms with Crippen molar-refractivity contribution in [3.05, 3.63) is 95.6 Å². The van der Waals surface area contributed by atoms with Crippen molar-refractivity contribution in [3.63, 3.8) is 0 Å². The second kappa shape index (κ2) is 8.45. The van der Waals surface area contributed by atoms with Gasteiger partial charge in [0.2, 0.25) is 0 Å². The summed E-state index contributed by atoms with van der Waals surface area (Å²) in [7, 11) is 0. The highest BCUT2D eigenvalue weighted by Crippen LogP contribution is 2.27. The summed E-state index contributed by atoms with van der Waals surface area (Å²) < 4.78 is 28.6. The molecule has 6 heteroatoms. The number of benzene rings is 3. The lowest BCUT2D eigenvalue weighted by atomic mass is 10.1. The Morgan fingerprint density at radius 2 is 1.17 bits per heavy atom. The van der Waals surface area contributed by atoms with Crippen molar-refractivity contribution in [2.45, 2.75) is 12.8 Å². The molecule has 1 fully saturated rings. The quantitative estimate of drug-likeness (QED) is 0.569. The predicted octanol–water partition coefficient (Wildman–Crippen LogP) is 5.05. The Balaban J connectivity index is 1.75. The van der Waals surface area contributed by atoms with Crippen molar-refractivity contribution < 1.29 is 18.4 Å². The van der Waals surface area contributed by atoms with Gasteiger partial charge in [-0.05, 0) is 61.4 Å². The van der Waals surface area contributed by atoms with Crippen LogP contribution >= 0.6 is 0 Å². The maximum absolute atomic E-state index is 14.3. The van der Waals surface area contributed by atoms with Crippen molar-refractivity contribution in [1.82, 2.24) is 0 Å². The van der Waals surface area contributed by atoms with E-state index in [4.69, 9.17) is 0 Å².